The maximum absolute atomic E-state index is 12.0. The van der Waals surface area contributed by atoms with Gasteiger partial charge in [0.2, 0.25) is 11.0 Å². The van der Waals surface area contributed by atoms with Crippen LogP contribution in [0.5, 0.6) is 0 Å². The molecule has 0 saturated carbocycles. The molecular formula is C12H17N3O2S3. The van der Waals surface area contributed by atoms with Gasteiger partial charge in [0.25, 0.3) is 0 Å². The highest BCUT2D eigenvalue weighted by Gasteiger charge is 2.32. The molecular weight excluding hydrogens is 314 g/mol. The third kappa shape index (κ3) is 4.20. The van der Waals surface area contributed by atoms with Gasteiger partial charge in [0.15, 0.2) is 9.45 Å². The van der Waals surface area contributed by atoms with Crippen molar-refractivity contribution < 1.29 is 9.59 Å². The second-order valence-corrected chi connectivity index (χ2v) is 8.07. The summed E-state index contributed by atoms with van der Waals surface area (Å²) in [7, 11) is 0. The summed E-state index contributed by atoms with van der Waals surface area (Å²) >= 11 is 4.44. The number of amides is 1. The third-order valence-electron chi connectivity index (χ3n) is 2.78. The maximum Gasteiger partial charge on any atom is 0.229 e. The number of hydrogen-bond acceptors (Lipinski definition) is 7. The van der Waals surface area contributed by atoms with Crippen LogP contribution in [0.2, 0.25) is 0 Å². The van der Waals surface area contributed by atoms with E-state index >= 15 is 0 Å². The molecule has 8 heteroatoms. The van der Waals surface area contributed by atoms with Gasteiger partial charge in [0.1, 0.15) is 0 Å². The minimum Gasteiger partial charge on any atom is -0.288 e. The first-order chi connectivity index (χ1) is 9.60. The molecule has 5 nitrogen and oxygen atoms in total. The molecule has 1 amide bonds. The quantitative estimate of drug-likeness (QED) is 0.590. The van der Waals surface area contributed by atoms with Crippen molar-refractivity contribution >= 4 is 51.0 Å². The van der Waals surface area contributed by atoms with Crippen molar-refractivity contribution in [2.24, 2.45) is 5.92 Å². The Morgan fingerprint density at radius 3 is 3.00 bits per heavy atom. The number of anilines is 1. The van der Waals surface area contributed by atoms with Crippen LogP contribution < -0.4 is 4.90 Å². The van der Waals surface area contributed by atoms with E-state index in [-0.39, 0.29) is 16.9 Å². The first-order valence-electron chi connectivity index (χ1n) is 6.50. The Hall–Kier alpha value is -0.600. The number of nitrogens with zero attached hydrogens (tertiary/aromatic N) is 3. The minimum atomic E-state index is 0.0855. The van der Waals surface area contributed by atoms with Crippen molar-refractivity contribution in [3.63, 3.8) is 0 Å². The molecule has 1 atom stereocenters. The van der Waals surface area contributed by atoms with Crippen LogP contribution in [0.4, 0.5) is 5.13 Å². The first kappa shape index (κ1) is 15.8. The lowest BCUT2D eigenvalue weighted by Crippen LogP contribution is -2.24. The fourth-order valence-corrected chi connectivity index (χ4v) is 4.36. The van der Waals surface area contributed by atoms with Crippen LogP contribution in [0.15, 0.2) is 4.34 Å². The lowest BCUT2D eigenvalue weighted by atomic mass is 10.1. The molecule has 1 unspecified atom stereocenters. The summed E-state index contributed by atoms with van der Waals surface area (Å²) < 4.78 is 0.913. The second kappa shape index (κ2) is 7.42. The zero-order valence-electron chi connectivity index (χ0n) is 11.5. The van der Waals surface area contributed by atoms with Gasteiger partial charge in [-0.15, -0.1) is 10.2 Å². The zero-order chi connectivity index (χ0) is 14.5. The van der Waals surface area contributed by atoms with E-state index in [0.29, 0.717) is 23.8 Å². The molecule has 0 N–H and O–H groups in total. The maximum atomic E-state index is 12.0. The van der Waals surface area contributed by atoms with Gasteiger partial charge in [0.05, 0.1) is 0 Å². The Kier molecular flexibility index (Phi) is 5.86. The normalized spacial score (nSPS) is 18.8. The van der Waals surface area contributed by atoms with E-state index in [1.165, 1.54) is 23.1 Å². The first-order valence-corrected chi connectivity index (χ1v) is 9.29. The van der Waals surface area contributed by atoms with Crippen LogP contribution in [0, 0.1) is 5.92 Å². The van der Waals surface area contributed by atoms with E-state index in [9.17, 15) is 9.59 Å². The molecule has 0 aliphatic carbocycles. The zero-order valence-corrected chi connectivity index (χ0v) is 13.9. The van der Waals surface area contributed by atoms with E-state index in [1.54, 1.807) is 23.6 Å². The summed E-state index contributed by atoms with van der Waals surface area (Å²) in [6.45, 7) is 4.32. The van der Waals surface area contributed by atoms with E-state index < -0.39 is 0 Å². The van der Waals surface area contributed by atoms with Crippen LogP contribution in [0.1, 0.15) is 26.7 Å². The van der Waals surface area contributed by atoms with Crippen LogP contribution >= 0.6 is 34.9 Å². The standard InChI is InChI=1S/C12H17N3O2S3/c1-3-4-18-12-14-13-11(20-12)15-6-9(5-10(15)17)7-19-8(2)16/h9H,3-7H2,1-2H3. The Morgan fingerprint density at radius 2 is 2.30 bits per heavy atom. The summed E-state index contributed by atoms with van der Waals surface area (Å²) in [5.74, 6) is 2.03. The molecule has 1 aromatic heterocycles. The van der Waals surface area contributed by atoms with Crippen LogP contribution in [0.25, 0.3) is 0 Å². The average molecular weight is 331 g/mol. The number of carbonyl (C=O) groups excluding carboxylic acids is 2. The number of carbonyl (C=O) groups is 2. The molecule has 1 aromatic rings. The van der Waals surface area contributed by atoms with E-state index in [2.05, 4.69) is 17.1 Å². The van der Waals surface area contributed by atoms with Gasteiger partial charge in [-0.1, -0.05) is 41.8 Å². The predicted octanol–water partition coefficient (Wildman–Crippen LogP) is 2.67. The predicted molar refractivity (Wildman–Crippen MR) is 84.5 cm³/mol. The number of thioether (sulfide) groups is 2. The van der Waals surface area contributed by atoms with Crippen molar-refractivity contribution in [3.8, 4) is 0 Å². The lowest BCUT2D eigenvalue weighted by molar-refractivity contribution is -0.117. The Labute approximate surface area is 130 Å². The highest BCUT2D eigenvalue weighted by Crippen LogP contribution is 2.32. The van der Waals surface area contributed by atoms with Crippen molar-refractivity contribution in [1.82, 2.24) is 10.2 Å². The molecule has 110 valence electrons. The number of hydrogen-bond donors (Lipinski definition) is 0. The van der Waals surface area contributed by atoms with E-state index in [0.717, 1.165) is 16.5 Å². The van der Waals surface area contributed by atoms with Gasteiger partial charge in [-0.25, -0.2) is 0 Å². The molecule has 0 spiro atoms. The van der Waals surface area contributed by atoms with Gasteiger partial charge in [-0.3, -0.25) is 14.5 Å². The van der Waals surface area contributed by atoms with Gasteiger partial charge < -0.3 is 0 Å². The van der Waals surface area contributed by atoms with Crippen molar-refractivity contribution in [2.45, 2.75) is 31.0 Å². The molecule has 2 rings (SSSR count). The van der Waals surface area contributed by atoms with Gasteiger partial charge >= 0.3 is 0 Å². The molecule has 20 heavy (non-hydrogen) atoms. The minimum absolute atomic E-state index is 0.0855. The number of rotatable bonds is 6. The Morgan fingerprint density at radius 1 is 1.50 bits per heavy atom. The topological polar surface area (TPSA) is 63.2 Å². The molecule has 2 heterocycles. The Bertz CT molecular complexity index is 492. The van der Waals surface area contributed by atoms with Crippen LogP contribution in [-0.2, 0) is 9.59 Å². The van der Waals surface area contributed by atoms with E-state index in [1.807, 2.05) is 0 Å². The summed E-state index contributed by atoms with van der Waals surface area (Å²) in [5.41, 5.74) is 0. The molecule has 0 aromatic carbocycles. The number of aromatic nitrogens is 2. The van der Waals surface area contributed by atoms with Gasteiger partial charge in [-0.2, -0.15) is 0 Å². The largest absolute Gasteiger partial charge is 0.288 e. The third-order valence-corrected chi connectivity index (χ3v) is 6.11. The summed E-state index contributed by atoms with van der Waals surface area (Å²) in [4.78, 5) is 24.7. The SMILES string of the molecule is CCCSc1nnc(N2CC(CSC(C)=O)CC2=O)s1. The smallest absolute Gasteiger partial charge is 0.229 e. The van der Waals surface area contributed by atoms with Crippen molar-refractivity contribution in [3.05, 3.63) is 0 Å². The highest BCUT2D eigenvalue weighted by molar-refractivity contribution is 8.13. The van der Waals surface area contributed by atoms with Crippen LogP contribution in [-0.4, -0.2) is 39.3 Å². The molecule has 1 aliphatic heterocycles. The molecule has 1 saturated heterocycles. The molecule has 1 fully saturated rings. The fourth-order valence-electron chi connectivity index (χ4n) is 1.87. The Balaban J connectivity index is 1.93. The molecule has 0 bridgehead atoms. The summed E-state index contributed by atoms with van der Waals surface area (Å²) in [5, 5.41) is 9.01. The van der Waals surface area contributed by atoms with Crippen molar-refractivity contribution in [2.75, 3.05) is 23.0 Å². The van der Waals surface area contributed by atoms with Crippen LogP contribution in [0.3, 0.4) is 0 Å². The monoisotopic (exact) mass is 331 g/mol. The average Bonchev–Trinajstić information content (AvgIpc) is 3.00. The van der Waals surface area contributed by atoms with Gasteiger partial charge in [-0.05, 0) is 12.3 Å². The molecule has 0 radical (unpaired) electrons. The lowest BCUT2D eigenvalue weighted by Gasteiger charge is -2.11. The van der Waals surface area contributed by atoms with Crippen molar-refractivity contribution in [1.29, 1.82) is 0 Å². The fraction of sp³-hybridized carbons (Fsp3) is 0.667. The van der Waals surface area contributed by atoms with E-state index in [4.69, 9.17) is 0 Å². The summed E-state index contributed by atoms with van der Waals surface area (Å²) in [6, 6.07) is 0. The summed E-state index contributed by atoms with van der Waals surface area (Å²) in [6.07, 6.45) is 1.59. The second-order valence-electron chi connectivity index (χ2n) is 4.58. The highest BCUT2D eigenvalue weighted by atomic mass is 32.2. The van der Waals surface area contributed by atoms with Gasteiger partial charge in [0, 0.05) is 31.4 Å². The molecule has 1 aliphatic rings.